The Morgan fingerprint density at radius 1 is 1.05 bits per heavy atom. The van der Waals surface area contributed by atoms with Gasteiger partial charge in [0.1, 0.15) is 5.03 Å². The number of aromatic nitrogens is 3. The summed E-state index contributed by atoms with van der Waals surface area (Å²) in [6.07, 6.45) is 3.37. The van der Waals surface area contributed by atoms with E-state index in [0.29, 0.717) is 5.69 Å². The van der Waals surface area contributed by atoms with E-state index in [4.69, 9.17) is 5.73 Å². The fourth-order valence-electron chi connectivity index (χ4n) is 1.88. The number of fused-ring (bicyclic) bond motifs is 1. The Morgan fingerprint density at radius 3 is 2.63 bits per heavy atom. The van der Waals surface area contributed by atoms with Crippen molar-refractivity contribution in [3.63, 3.8) is 0 Å². The van der Waals surface area contributed by atoms with Crippen molar-refractivity contribution in [2.75, 3.05) is 5.73 Å². The lowest BCUT2D eigenvalue weighted by Gasteiger charge is -2.07. The maximum Gasteiger partial charge on any atom is 0.131 e. The van der Waals surface area contributed by atoms with Gasteiger partial charge in [0.2, 0.25) is 0 Å². The zero-order chi connectivity index (χ0) is 13.2. The molecule has 94 valence electrons. The van der Waals surface area contributed by atoms with Crippen molar-refractivity contribution in [3.05, 3.63) is 48.4 Å². The highest BCUT2D eigenvalue weighted by molar-refractivity contribution is 7.99. The van der Waals surface area contributed by atoms with E-state index < -0.39 is 0 Å². The summed E-state index contributed by atoms with van der Waals surface area (Å²) in [5.41, 5.74) is 7.50. The van der Waals surface area contributed by atoms with Gasteiger partial charge >= 0.3 is 0 Å². The lowest BCUT2D eigenvalue weighted by molar-refractivity contribution is 0.923. The molecule has 19 heavy (non-hydrogen) atoms. The smallest absolute Gasteiger partial charge is 0.131 e. The van der Waals surface area contributed by atoms with Gasteiger partial charge in [0.25, 0.3) is 0 Å². The maximum atomic E-state index is 5.91. The molecule has 0 saturated heterocycles. The molecule has 0 spiro atoms. The minimum absolute atomic E-state index is 0.652. The van der Waals surface area contributed by atoms with Crippen LogP contribution in [0.2, 0.25) is 0 Å². The molecule has 4 nitrogen and oxygen atoms in total. The third-order valence-corrected chi connectivity index (χ3v) is 3.94. The molecule has 2 aromatic heterocycles. The second-order valence-corrected chi connectivity index (χ2v) is 5.18. The highest BCUT2D eigenvalue weighted by atomic mass is 32.2. The van der Waals surface area contributed by atoms with Crippen molar-refractivity contribution in [2.24, 2.45) is 0 Å². The first-order valence-corrected chi connectivity index (χ1v) is 6.67. The van der Waals surface area contributed by atoms with Crippen molar-refractivity contribution < 1.29 is 0 Å². The number of hydrogen-bond acceptors (Lipinski definition) is 5. The second kappa shape index (κ2) is 4.85. The molecular formula is C14H12N4S. The fraction of sp³-hybridized carbons (Fsp3) is 0.0714. The maximum absolute atomic E-state index is 5.91. The van der Waals surface area contributed by atoms with E-state index >= 15 is 0 Å². The number of benzene rings is 1. The first-order chi connectivity index (χ1) is 9.25. The Hall–Kier alpha value is -2.14. The number of pyridine rings is 1. The van der Waals surface area contributed by atoms with Crippen molar-refractivity contribution in [3.8, 4) is 0 Å². The molecule has 2 heterocycles. The van der Waals surface area contributed by atoms with Gasteiger partial charge in [-0.2, -0.15) is 5.10 Å². The van der Waals surface area contributed by atoms with Crippen LogP contribution in [0.5, 0.6) is 0 Å². The molecule has 0 atom stereocenters. The lowest BCUT2D eigenvalue weighted by Crippen LogP contribution is -1.94. The fourth-order valence-corrected chi connectivity index (χ4v) is 2.76. The Kier molecular flexibility index (Phi) is 3.05. The van der Waals surface area contributed by atoms with Gasteiger partial charge in [0.05, 0.1) is 17.6 Å². The minimum atomic E-state index is 0.652. The number of nitrogens with two attached hydrogens (primary N) is 1. The monoisotopic (exact) mass is 268 g/mol. The molecule has 0 amide bonds. The first kappa shape index (κ1) is 11.9. The SMILES string of the molecule is Cc1nnc(Sc2ccncc2N)c2ccccc12. The third-order valence-electron chi connectivity index (χ3n) is 2.85. The summed E-state index contributed by atoms with van der Waals surface area (Å²) in [5, 5.41) is 11.6. The molecule has 3 rings (SSSR count). The van der Waals surface area contributed by atoms with E-state index in [1.165, 1.54) is 11.8 Å². The van der Waals surface area contributed by atoms with Gasteiger partial charge in [-0.1, -0.05) is 36.0 Å². The van der Waals surface area contributed by atoms with Crippen LogP contribution in [-0.4, -0.2) is 15.2 Å². The van der Waals surface area contributed by atoms with Crippen LogP contribution in [0.4, 0.5) is 5.69 Å². The predicted molar refractivity (Wildman–Crippen MR) is 77.0 cm³/mol. The number of nitrogen functional groups attached to an aromatic ring is 1. The van der Waals surface area contributed by atoms with E-state index in [-0.39, 0.29) is 0 Å². The van der Waals surface area contributed by atoms with Gasteiger partial charge in [-0.3, -0.25) is 4.98 Å². The number of aryl methyl sites for hydroxylation is 1. The van der Waals surface area contributed by atoms with Crippen molar-refractivity contribution in [2.45, 2.75) is 16.8 Å². The molecule has 2 N–H and O–H groups in total. The van der Waals surface area contributed by atoms with Crippen LogP contribution >= 0.6 is 11.8 Å². The van der Waals surface area contributed by atoms with Gasteiger partial charge in [0.15, 0.2) is 0 Å². The molecule has 0 bridgehead atoms. The molecular weight excluding hydrogens is 256 g/mol. The van der Waals surface area contributed by atoms with Crippen LogP contribution in [0.15, 0.2) is 52.6 Å². The minimum Gasteiger partial charge on any atom is -0.397 e. The molecule has 0 radical (unpaired) electrons. The van der Waals surface area contributed by atoms with Gasteiger partial charge < -0.3 is 5.73 Å². The molecule has 0 fully saturated rings. The van der Waals surface area contributed by atoms with E-state index in [0.717, 1.165) is 26.4 Å². The van der Waals surface area contributed by atoms with E-state index in [9.17, 15) is 0 Å². The van der Waals surface area contributed by atoms with E-state index in [1.807, 2.05) is 25.1 Å². The van der Waals surface area contributed by atoms with Crippen LogP contribution in [0.1, 0.15) is 5.69 Å². The Labute approximate surface area is 115 Å². The van der Waals surface area contributed by atoms with Crippen LogP contribution in [0, 0.1) is 6.92 Å². The number of anilines is 1. The topological polar surface area (TPSA) is 64.7 Å². The Morgan fingerprint density at radius 2 is 1.84 bits per heavy atom. The summed E-state index contributed by atoms with van der Waals surface area (Å²) in [6, 6.07) is 10.0. The van der Waals surface area contributed by atoms with Crippen LogP contribution in [0.25, 0.3) is 10.8 Å². The Balaban J connectivity index is 2.12. The first-order valence-electron chi connectivity index (χ1n) is 5.85. The molecule has 0 aliphatic carbocycles. The summed E-state index contributed by atoms with van der Waals surface area (Å²) in [6.45, 7) is 1.96. The molecule has 0 unspecified atom stereocenters. The highest BCUT2D eigenvalue weighted by Gasteiger charge is 2.09. The van der Waals surface area contributed by atoms with Crippen LogP contribution in [-0.2, 0) is 0 Å². The zero-order valence-electron chi connectivity index (χ0n) is 10.4. The summed E-state index contributed by atoms with van der Waals surface area (Å²) in [4.78, 5) is 4.93. The van der Waals surface area contributed by atoms with Gasteiger partial charge in [-0.05, 0) is 13.0 Å². The summed E-state index contributed by atoms with van der Waals surface area (Å²) in [5.74, 6) is 0. The molecule has 1 aromatic carbocycles. The largest absolute Gasteiger partial charge is 0.397 e. The number of nitrogens with zero attached hydrogens (tertiary/aromatic N) is 3. The average Bonchev–Trinajstić information content (AvgIpc) is 2.44. The van der Waals surface area contributed by atoms with Gasteiger partial charge in [0, 0.05) is 21.9 Å². The summed E-state index contributed by atoms with van der Waals surface area (Å²) in [7, 11) is 0. The summed E-state index contributed by atoms with van der Waals surface area (Å²) >= 11 is 1.51. The van der Waals surface area contributed by atoms with Gasteiger partial charge in [-0.15, -0.1) is 5.10 Å². The molecule has 0 aliphatic heterocycles. The van der Waals surface area contributed by atoms with E-state index in [2.05, 4.69) is 27.3 Å². The summed E-state index contributed by atoms with van der Waals surface area (Å²) < 4.78 is 0. The quantitative estimate of drug-likeness (QED) is 0.773. The lowest BCUT2D eigenvalue weighted by atomic mass is 10.1. The molecule has 0 saturated carbocycles. The normalized spacial score (nSPS) is 10.8. The van der Waals surface area contributed by atoms with Crippen LogP contribution < -0.4 is 5.73 Å². The highest BCUT2D eigenvalue weighted by Crippen LogP contribution is 2.34. The van der Waals surface area contributed by atoms with Gasteiger partial charge in [-0.25, -0.2) is 0 Å². The zero-order valence-corrected chi connectivity index (χ0v) is 11.2. The van der Waals surface area contributed by atoms with Crippen molar-refractivity contribution >= 4 is 28.2 Å². The third kappa shape index (κ3) is 2.24. The number of hydrogen-bond donors (Lipinski definition) is 1. The van der Waals surface area contributed by atoms with Crippen molar-refractivity contribution in [1.82, 2.24) is 15.2 Å². The standard InChI is InChI=1S/C14H12N4S/c1-9-10-4-2-3-5-11(10)14(18-17-9)19-13-6-7-16-8-12(13)15/h2-8H,15H2,1H3. The molecule has 3 aromatic rings. The van der Waals surface area contributed by atoms with E-state index in [1.54, 1.807) is 12.4 Å². The second-order valence-electron chi connectivity index (χ2n) is 4.15. The predicted octanol–water partition coefficient (Wildman–Crippen LogP) is 3.07. The average molecular weight is 268 g/mol. The van der Waals surface area contributed by atoms with Crippen LogP contribution in [0.3, 0.4) is 0 Å². The molecule has 0 aliphatic rings. The Bertz CT molecular complexity index is 742. The number of rotatable bonds is 2. The van der Waals surface area contributed by atoms with Crippen molar-refractivity contribution in [1.29, 1.82) is 0 Å². The molecule has 5 heteroatoms.